The normalized spacial score (nSPS) is 12.2. The van der Waals surface area contributed by atoms with Crippen molar-refractivity contribution in [3.8, 4) is 0 Å². The van der Waals surface area contributed by atoms with Crippen LogP contribution in [0.25, 0.3) is 0 Å². The van der Waals surface area contributed by atoms with Gasteiger partial charge in [0.05, 0.1) is 6.04 Å². The molecule has 0 aliphatic carbocycles. The van der Waals surface area contributed by atoms with Crippen molar-refractivity contribution in [1.82, 2.24) is 5.32 Å². The van der Waals surface area contributed by atoms with E-state index in [2.05, 4.69) is 5.32 Å². The van der Waals surface area contributed by atoms with Crippen LogP contribution in [0.15, 0.2) is 24.3 Å². The van der Waals surface area contributed by atoms with Crippen molar-refractivity contribution in [2.75, 3.05) is 0 Å². The molecule has 0 fully saturated rings. The Labute approximate surface area is 124 Å². The van der Waals surface area contributed by atoms with Gasteiger partial charge in [-0.25, -0.2) is 0 Å². The molecule has 4 nitrogen and oxygen atoms in total. The molecule has 0 aliphatic heterocycles. The highest BCUT2D eigenvalue weighted by Crippen LogP contribution is 2.23. The maximum atomic E-state index is 11.8. The van der Waals surface area contributed by atoms with E-state index in [4.69, 9.17) is 16.7 Å². The van der Waals surface area contributed by atoms with Crippen molar-refractivity contribution in [2.45, 2.75) is 39.2 Å². The quantitative estimate of drug-likeness (QED) is 0.810. The Morgan fingerprint density at radius 1 is 1.20 bits per heavy atom. The molecule has 0 saturated carbocycles. The average Bonchev–Trinajstić information content (AvgIpc) is 2.36. The summed E-state index contributed by atoms with van der Waals surface area (Å²) in [5.41, 5.74) is 0.996. The fourth-order valence-corrected chi connectivity index (χ4v) is 2.08. The number of aliphatic carboxylic acids is 1. The van der Waals surface area contributed by atoms with E-state index in [0.717, 1.165) is 5.56 Å². The summed E-state index contributed by atoms with van der Waals surface area (Å²) in [5.74, 6) is -0.768. The lowest BCUT2D eigenvalue weighted by Gasteiger charge is -2.23. The van der Waals surface area contributed by atoms with E-state index in [1.165, 1.54) is 0 Å². The van der Waals surface area contributed by atoms with E-state index in [0.29, 0.717) is 11.4 Å². The first-order chi connectivity index (χ1) is 9.40. The summed E-state index contributed by atoms with van der Waals surface area (Å²) in [6, 6.07) is 7.28. The fourth-order valence-electron chi connectivity index (χ4n) is 1.95. The standard InChI is InChI=1S/C15H20ClNO3/c1-10(2)15(11-6-8-12(16)9-7-11)17-13(18)4-3-5-14(19)20/h6-10,15H,3-5H2,1-2H3,(H,17,18)(H,19,20). The van der Waals surface area contributed by atoms with Crippen LogP contribution in [0.5, 0.6) is 0 Å². The number of rotatable bonds is 7. The average molecular weight is 298 g/mol. The SMILES string of the molecule is CC(C)C(NC(=O)CCCC(=O)O)c1ccc(Cl)cc1. The summed E-state index contributed by atoms with van der Waals surface area (Å²) in [5, 5.41) is 12.2. The molecule has 0 bridgehead atoms. The largest absolute Gasteiger partial charge is 0.481 e. The molecule has 0 spiro atoms. The number of carboxylic acid groups (broad SMARTS) is 1. The van der Waals surface area contributed by atoms with Crippen molar-refractivity contribution in [3.05, 3.63) is 34.9 Å². The van der Waals surface area contributed by atoms with Crippen LogP contribution in [0.4, 0.5) is 0 Å². The summed E-state index contributed by atoms with van der Waals surface area (Å²) in [6.45, 7) is 4.05. The number of carbonyl (C=O) groups excluding carboxylic acids is 1. The van der Waals surface area contributed by atoms with Gasteiger partial charge in [0.1, 0.15) is 0 Å². The predicted octanol–water partition coefficient (Wildman–Crippen LogP) is 3.41. The van der Waals surface area contributed by atoms with Crippen LogP contribution in [0.3, 0.4) is 0 Å². The van der Waals surface area contributed by atoms with Crippen LogP contribution < -0.4 is 5.32 Å². The Kier molecular flexibility index (Phi) is 6.52. The predicted molar refractivity (Wildman–Crippen MR) is 78.7 cm³/mol. The first kappa shape index (κ1) is 16.5. The van der Waals surface area contributed by atoms with Gasteiger partial charge in [-0.2, -0.15) is 0 Å². The van der Waals surface area contributed by atoms with E-state index in [9.17, 15) is 9.59 Å². The Balaban J connectivity index is 2.61. The Morgan fingerprint density at radius 2 is 1.80 bits per heavy atom. The molecule has 1 aromatic rings. The molecule has 2 N–H and O–H groups in total. The van der Waals surface area contributed by atoms with Gasteiger partial charge in [-0.15, -0.1) is 0 Å². The lowest BCUT2D eigenvalue weighted by Crippen LogP contribution is -2.31. The topological polar surface area (TPSA) is 66.4 Å². The molecular formula is C15H20ClNO3. The highest BCUT2D eigenvalue weighted by molar-refractivity contribution is 6.30. The molecule has 0 saturated heterocycles. The molecule has 1 aromatic carbocycles. The van der Waals surface area contributed by atoms with Crippen molar-refractivity contribution >= 4 is 23.5 Å². The molecule has 0 aliphatic rings. The fraction of sp³-hybridized carbons (Fsp3) is 0.467. The first-order valence-electron chi connectivity index (χ1n) is 6.66. The molecule has 0 radical (unpaired) electrons. The van der Waals surface area contributed by atoms with Gasteiger partial charge in [-0.1, -0.05) is 37.6 Å². The summed E-state index contributed by atoms with van der Waals surface area (Å²) in [4.78, 5) is 22.3. The molecular weight excluding hydrogens is 278 g/mol. The Bertz CT molecular complexity index is 457. The smallest absolute Gasteiger partial charge is 0.303 e. The molecule has 1 atom stereocenters. The minimum absolute atomic E-state index is 0.0146. The minimum Gasteiger partial charge on any atom is -0.481 e. The number of carboxylic acids is 1. The van der Waals surface area contributed by atoms with Crippen LogP contribution in [-0.2, 0) is 9.59 Å². The van der Waals surface area contributed by atoms with E-state index in [-0.39, 0.29) is 30.7 Å². The third-order valence-corrected chi connectivity index (χ3v) is 3.26. The second kappa shape index (κ2) is 7.90. The van der Waals surface area contributed by atoms with Gasteiger partial charge in [0.15, 0.2) is 0 Å². The Hall–Kier alpha value is -1.55. The summed E-state index contributed by atoms with van der Waals surface area (Å²) < 4.78 is 0. The van der Waals surface area contributed by atoms with Crippen LogP contribution in [-0.4, -0.2) is 17.0 Å². The highest BCUT2D eigenvalue weighted by atomic mass is 35.5. The van der Waals surface area contributed by atoms with Gasteiger partial charge in [-0.3, -0.25) is 9.59 Å². The second-order valence-electron chi connectivity index (χ2n) is 5.09. The second-order valence-corrected chi connectivity index (χ2v) is 5.52. The summed E-state index contributed by atoms with van der Waals surface area (Å²) in [7, 11) is 0. The molecule has 20 heavy (non-hydrogen) atoms. The number of nitrogens with one attached hydrogen (secondary N) is 1. The molecule has 0 aromatic heterocycles. The number of carbonyl (C=O) groups is 2. The van der Waals surface area contributed by atoms with Crippen molar-refractivity contribution in [1.29, 1.82) is 0 Å². The van der Waals surface area contributed by atoms with Gasteiger partial charge < -0.3 is 10.4 Å². The van der Waals surface area contributed by atoms with Gasteiger partial charge in [-0.05, 0) is 30.0 Å². The van der Waals surface area contributed by atoms with Crippen LogP contribution in [0.1, 0.15) is 44.7 Å². The molecule has 1 rings (SSSR count). The maximum Gasteiger partial charge on any atom is 0.303 e. The Morgan fingerprint density at radius 3 is 2.30 bits per heavy atom. The molecule has 1 unspecified atom stereocenters. The molecule has 1 amide bonds. The van der Waals surface area contributed by atoms with Gasteiger partial charge in [0, 0.05) is 17.9 Å². The van der Waals surface area contributed by atoms with Crippen LogP contribution >= 0.6 is 11.6 Å². The molecule has 0 heterocycles. The zero-order valence-corrected chi connectivity index (χ0v) is 12.5. The van der Waals surface area contributed by atoms with E-state index >= 15 is 0 Å². The third kappa shape index (κ3) is 5.61. The number of halogens is 1. The maximum absolute atomic E-state index is 11.8. The zero-order chi connectivity index (χ0) is 15.1. The van der Waals surface area contributed by atoms with Crippen molar-refractivity contribution < 1.29 is 14.7 Å². The zero-order valence-electron chi connectivity index (χ0n) is 11.7. The van der Waals surface area contributed by atoms with Gasteiger partial charge in [0.25, 0.3) is 0 Å². The van der Waals surface area contributed by atoms with Gasteiger partial charge >= 0.3 is 5.97 Å². The summed E-state index contributed by atoms with van der Waals surface area (Å²) in [6.07, 6.45) is 0.594. The summed E-state index contributed by atoms with van der Waals surface area (Å²) >= 11 is 5.86. The number of amides is 1. The number of hydrogen-bond acceptors (Lipinski definition) is 2. The van der Waals surface area contributed by atoms with Crippen LogP contribution in [0.2, 0.25) is 5.02 Å². The van der Waals surface area contributed by atoms with Crippen molar-refractivity contribution in [2.24, 2.45) is 5.92 Å². The van der Waals surface area contributed by atoms with Crippen molar-refractivity contribution in [3.63, 3.8) is 0 Å². The number of hydrogen-bond donors (Lipinski definition) is 2. The van der Waals surface area contributed by atoms with Gasteiger partial charge in [0.2, 0.25) is 5.91 Å². The number of benzene rings is 1. The van der Waals surface area contributed by atoms with Crippen LogP contribution in [0, 0.1) is 5.92 Å². The first-order valence-corrected chi connectivity index (χ1v) is 7.04. The lowest BCUT2D eigenvalue weighted by molar-refractivity contribution is -0.137. The third-order valence-electron chi connectivity index (χ3n) is 3.01. The van der Waals surface area contributed by atoms with E-state index < -0.39 is 5.97 Å². The highest BCUT2D eigenvalue weighted by Gasteiger charge is 2.18. The molecule has 110 valence electrons. The van der Waals surface area contributed by atoms with E-state index in [1.54, 1.807) is 12.1 Å². The molecule has 5 heteroatoms. The van der Waals surface area contributed by atoms with E-state index in [1.807, 2.05) is 26.0 Å². The monoisotopic (exact) mass is 297 g/mol. The minimum atomic E-state index is -0.879. The lowest BCUT2D eigenvalue weighted by atomic mass is 9.96.